The van der Waals surface area contributed by atoms with Crippen molar-refractivity contribution in [3.05, 3.63) is 24.3 Å². The first-order chi connectivity index (χ1) is 6.79. The van der Waals surface area contributed by atoms with Crippen LogP contribution in [0.2, 0.25) is 0 Å². The Hall–Kier alpha value is -1.62. The molecular formula is C9H10N4S. The summed E-state index contributed by atoms with van der Waals surface area (Å²) in [6.45, 7) is 0. The number of nitrogens with two attached hydrogens (primary N) is 1. The Morgan fingerprint density at radius 2 is 1.93 bits per heavy atom. The van der Waals surface area contributed by atoms with E-state index < -0.39 is 0 Å². The summed E-state index contributed by atoms with van der Waals surface area (Å²) in [4.78, 5) is 0. The summed E-state index contributed by atoms with van der Waals surface area (Å²) >= 11 is 1.52. The van der Waals surface area contributed by atoms with Crippen LogP contribution in [0.1, 0.15) is 0 Å². The fraction of sp³-hybridized carbons (Fsp3) is 0.111. The molecule has 0 bridgehead atoms. The highest BCUT2D eigenvalue weighted by Gasteiger charge is 2.04. The third-order valence-electron chi connectivity index (χ3n) is 1.80. The molecule has 0 amide bonds. The van der Waals surface area contributed by atoms with Gasteiger partial charge in [-0.1, -0.05) is 11.3 Å². The molecule has 0 saturated heterocycles. The Morgan fingerprint density at radius 1 is 1.21 bits per heavy atom. The Balaban J connectivity index is 2.34. The lowest BCUT2D eigenvalue weighted by atomic mass is 10.2. The third-order valence-corrected chi connectivity index (χ3v) is 2.79. The molecule has 0 spiro atoms. The van der Waals surface area contributed by atoms with Gasteiger partial charge in [-0.3, -0.25) is 0 Å². The minimum Gasteiger partial charge on any atom is -0.399 e. The normalized spacial score (nSPS) is 10.1. The van der Waals surface area contributed by atoms with Gasteiger partial charge in [-0.05, 0) is 24.3 Å². The van der Waals surface area contributed by atoms with Gasteiger partial charge in [0.25, 0.3) is 0 Å². The number of benzene rings is 1. The fourth-order valence-corrected chi connectivity index (χ4v) is 1.77. The van der Waals surface area contributed by atoms with Crippen LogP contribution in [0.3, 0.4) is 0 Å². The zero-order valence-corrected chi connectivity index (χ0v) is 8.51. The van der Waals surface area contributed by atoms with Gasteiger partial charge in [0.1, 0.15) is 5.01 Å². The van der Waals surface area contributed by atoms with E-state index >= 15 is 0 Å². The molecule has 2 rings (SSSR count). The number of aromatic nitrogens is 2. The molecule has 2 aromatic rings. The number of anilines is 2. The summed E-state index contributed by atoms with van der Waals surface area (Å²) in [5.41, 5.74) is 7.39. The molecular weight excluding hydrogens is 196 g/mol. The molecule has 0 atom stereocenters. The third kappa shape index (κ3) is 1.67. The van der Waals surface area contributed by atoms with Crippen molar-refractivity contribution < 1.29 is 0 Å². The first kappa shape index (κ1) is 8.96. The van der Waals surface area contributed by atoms with E-state index in [4.69, 9.17) is 5.73 Å². The quantitative estimate of drug-likeness (QED) is 0.736. The number of nitrogens with zero attached hydrogens (tertiary/aromatic N) is 2. The van der Waals surface area contributed by atoms with E-state index in [1.807, 2.05) is 31.3 Å². The van der Waals surface area contributed by atoms with Gasteiger partial charge in [-0.15, -0.1) is 10.2 Å². The molecule has 0 aliphatic carbocycles. The van der Waals surface area contributed by atoms with E-state index in [-0.39, 0.29) is 0 Å². The van der Waals surface area contributed by atoms with E-state index in [1.54, 1.807) is 0 Å². The lowest BCUT2D eigenvalue weighted by Crippen LogP contribution is -1.84. The number of nitrogens with one attached hydrogen (secondary N) is 1. The maximum atomic E-state index is 5.59. The highest BCUT2D eigenvalue weighted by atomic mass is 32.1. The molecule has 1 aromatic carbocycles. The molecule has 5 heteroatoms. The maximum Gasteiger partial charge on any atom is 0.205 e. The van der Waals surface area contributed by atoms with E-state index in [0.29, 0.717) is 0 Å². The second-order valence-corrected chi connectivity index (χ2v) is 3.76. The van der Waals surface area contributed by atoms with Crippen LogP contribution in [0.25, 0.3) is 10.6 Å². The lowest BCUT2D eigenvalue weighted by Gasteiger charge is -1.95. The van der Waals surface area contributed by atoms with E-state index in [9.17, 15) is 0 Å². The van der Waals surface area contributed by atoms with Gasteiger partial charge in [-0.2, -0.15) is 0 Å². The molecule has 0 aliphatic rings. The Bertz CT molecular complexity index is 421. The molecule has 0 radical (unpaired) electrons. The molecule has 0 saturated carbocycles. The van der Waals surface area contributed by atoms with Crippen molar-refractivity contribution in [2.75, 3.05) is 18.1 Å². The topological polar surface area (TPSA) is 63.8 Å². The van der Waals surface area contributed by atoms with E-state index in [2.05, 4.69) is 15.5 Å². The number of hydrogen-bond acceptors (Lipinski definition) is 5. The van der Waals surface area contributed by atoms with Crippen molar-refractivity contribution in [1.82, 2.24) is 10.2 Å². The second-order valence-electron chi connectivity index (χ2n) is 2.78. The van der Waals surface area contributed by atoms with Crippen molar-refractivity contribution in [2.24, 2.45) is 0 Å². The lowest BCUT2D eigenvalue weighted by molar-refractivity contribution is 1.09. The van der Waals surface area contributed by atoms with Crippen molar-refractivity contribution in [3.8, 4) is 10.6 Å². The number of hydrogen-bond donors (Lipinski definition) is 2. The molecule has 4 nitrogen and oxygen atoms in total. The van der Waals surface area contributed by atoms with Crippen molar-refractivity contribution in [1.29, 1.82) is 0 Å². The Labute approximate surface area is 85.8 Å². The van der Waals surface area contributed by atoms with Crippen LogP contribution in [0.5, 0.6) is 0 Å². The summed E-state index contributed by atoms with van der Waals surface area (Å²) in [5, 5.41) is 12.7. The van der Waals surface area contributed by atoms with Gasteiger partial charge in [-0.25, -0.2) is 0 Å². The smallest absolute Gasteiger partial charge is 0.205 e. The minimum absolute atomic E-state index is 0.757. The van der Waals surface area contributed by atoms with E-state index in [0.717, 1.165) is 21.4 Å². The Kier molecular flexibility index (Phi) is 2.32. The maximum absolute atomic E-state index is 5.59. The first-order valence-electron chi connectivity index (χ1n) is 4.17. The highest BCUT2D eigenvalue weighted by molar-refractivity contribution is 7.18. The molecule has 1 aromatic heterocycles. The van der Waals surface area contributed by atoms with Gasteiger partial charge in [0, 0.05) is 18.3 Å². The van der Waals surface area contributed by atoms with Crippen LogP contribution in [-0.4, -0.2) is 17.2 Å². The van der Waals surface area contributed by atoms with Gasteiger partial charge < -0.3 is 11.1 Å². The zero-order valence-electron chi connectivity index (χ0n) is 7.69. The van der Waals surface area contributed by atoms with Crippen LogP contribution < -0.4 is 11.1 Å². The van der Waals surface area contributed by atoms with E-state index in [1.165, 1.54) is 11.3 Å². The highest BCUT2D eigenvalue weighted by Crippen LogP contribution is 2.26. The average molecular weight is 206 g/mol. The molecule has 1 heterocycles. The molecule has 3 N–H and O–H groups in total. The van der Waals surface area contributed by atoms with Crippen LogP contribution >= 0.6 is 11.3 Å². The molecule has 0 aliphatic heterocycles. The predicted molar refractivity (Wildman–Crippen MR) is 59.3 cm³/mol. The number of rotatable bonds is 2. The van der Waals surface area contributed by atoms with Crippen molar-refractivity contribution >= 4 is 22.2 Å². The van der Waals surface area contributed by atoms with Crippen molar-refractivity contribution in [2.45, 2.75) is 0 Å². The Morgan fingerprint density at radius 3 is 2.50 bits per heavy atom. The zero-order chi connectivity index (χ0) is 9.97. The summed E-state index contributed by atoms with van der Waals surface area (Å²) in [6, 6.07) is 7.59. The van der Waals surface area contributed by atoms with Gasteiger partial charge in [0.15, 0.2) is 0 Å². The van der Waals surface area contributed by atoms with Crippen LogP contribution in [0.15, 0.2) is 24.3 Å². The number of nitrogen functional groups attached to an aromatic ring is 1. The SMILES string of the molecule is CNc1nnc(-c2ccc(N)cc2)s1. The summed E-state index contributed by atoms with van der Waals surface area (Å²) in [5.74, 6) is 0. The van der Waals surface area contributed by atoms with Crippen LogP contribution in [0.4, 0.5) is 10.8 Å². The van der Waals surface area contributed by atoms with Crippen molar-refractivity contribution in [3.63, 3.8) is 0 Å². The first-order valence-corrected chi connectivity index (χ1v) is 4.98. The molecule has 0 unspecified atom stereocenters. The minimum atomic E-state index is 0.757. The molecule has 0 fully saturated rings. The summed E-state index contributed by atoms with van der Waals surface area (Å²) < 4.78 is 0. The largest absolute Gasteiger partial charge is 0.399 e. The predicted octanol–water partition coefficient (Wildman–Crippen LogP) is 1.83. The molecule has 72 valence electrons. The van der Waals surface area contributed by atoms with Gasteiger partial charge in [0.2, 0.25) is 5.13 Å². The monoisotopic (exact) mass is 206 g/mol. The van der Waals surface area contributed by atoms with Gasteiger partial charge >= 0.3 is 0 Å². The summed E-state index contributed by atoms with van der Waals surface area (Å²) in [6.07, 6.45) is 0. The average Bonchev–Trinajstić information content (AvgIpc) is 2.67. The second kappa shape index (κ2) is 3.63. The summed E-state index contributed by atoms with van der Waals surface area (Å²) in [7, 11) is 1.83. The standard InChI is InChI=1S/C9H10N4S/c1-11-9-13-12-8(14-9)6-2-4-7(10)5-3-6/h2-5H,10H2,1H3,(H,11,13). The molecule has 14 heavy (non-hydrogen) atoms. The van der Waals surface area contributed by atoms with Gasteiger partial charge in [0.05, 0.1) is 0 Å². The van der Waals surface area contributed by atoms with Crippen LogP contribution in [-0.2, 0) is 0 Å². The van der Waals surface area contributed by atoms with Crippen LogP contribution in [0, 0.1) is 0 Å². The fourth-order valence-electron chi connectivity index (χ4n) is 1.07.